The first kappa shape index (κ1) is 14.7. The molecule has 0 aliphatic carbocycles. The van der Waals surface area contributed by atoms with Gasteiger partial charge in [-0.2, -0.15) is 0 Å². The number of hydrogen-bond acceptors (Lipinski definition) is 3. The Labute approximate surface area is 134 Å². The highest BCUT2D eigenvalue weighted by atomic mass is 32.1. The van der Waals surface area contributed by atoms with Crippen molar-refractivity contribution in [3.63, 3.8) is 0 Å². The van der Waals surface area contributed by atoms with Crippen molar-refractivity contribution in [2.24, 2.45) is 0 Å². The number of thiophene rings is 1. The van der Waals surface area contributed by atoms with Gasteiger partial charge in [0.15, 0.2) is 0 Å². The minimum Gasteiger partial charge on any atom is -0.350 e. The molecular weight excluding hydrogens is 292 g/mol. The van der Waals surface area contributed by atoms with Crippen molar-refractivity contribution in [3.8, 4) is 10.6 Å². The normalized spacial score (nSPS) is 11.1. The van der Waals surface area contributed by atoms with Gasteiger partial charge in [0.2, 0.25) is 0 Å². The number of carbonyl (C=O) groups excluding carboxylic acids is 1. The highest BCUT2D eigenvalue weighted by molar-refractivity contribution is 7.13. The summed E-state index contributed by atoms with van der Waals surface area (Å²) in [6, 6.07) is 12.0. The predicted molar refractivity (Wildman–Crippen MR) is 92.4 cm³/mol. The van der Waals surface area contributed by atoms with E-state index in [1.54, 1.807) is 11.3 Å². The van der Waals surface area contributed by atoms with Crippen LogP contribution in [0.1, 0.15) is 29.8 Å². The molecule has 0 saturated heterocycles. The predicted octanol–water partition coefficient (Wildman–Crippen LogP) is 4.41. The van der Waals surface area contributed by atoms with E-state index in [0.717, 1.165) is 27.0 Å². The van der Waals surface area contributed by atoms with Gasteiger partial charge in [-0.15, -0.1) is 11.3 Å². The average molecular weight is 310 g/mol. The summed E-state index contributed by atoms with van der Waals surface area (Å²) in [7, 11) is 0. The maximum Gasteiger partial charge on any atom is 0.252 e. The first-order valence-electron chi connectivity index (χ1n) is 7.31. The third kappa shape index (κ3) is 2.88. The summed E-state index contributed by atoms with van der Waals surface area (Å²) >= 11 is 1.63. The number of rotatable bonds is 3. The molecule has 0 radical (unpaired) electrons. The van der Waals surface area contributed by atoms with Crippen LogP contribution in [-0.4, -0.2) is 16.9 Å². The van der Waals surface area contributed by atoms with Gasteiger partial charge in [0.05, 0.1) is 21.7 Å². The van der Waals surface area contributed by atoms with Gasteiger partial charge < -0.3 is 5.32 Å². The zero-order valence-corrected chi connectivity index (χ0v) is 13.7. The summed E-state index contributed by atoms with van der Waals surface area (Å²) in [5, 5.41) is 5.90. The van der Waals surface area contributed by atoms with Gasteiger partial charge in [0.25, 0.3) is 5.91 Å². The fraction of sp³-hybridized carbons (Fsp3) is 0.222. The quantitative estimate of drug-likeness (QED) is 0.778. The van der Waals surface area contributed by atoms with Gasteiger partial charge in [0.1, 0.15) is 0 Å². The molecule has 0 fully saturated rings. The molecule has 112 valence electrons. The lowest BCUT2D eigenvalue weighted by Gasteiger charge is -2.12. The Bertz CT molecular complexity index is 822. The maximum atomic E-state index is 12.6. The maximum absolute atomic E-state index is 12.6. The summed E-state index contributed by atoms with van der Waals surface area (Å²) in [5.74, 6) is -0.0502. The number of hydrogen-bond donors (Lipinski definition) is 1. The number of fused-ring (bicyclic) bond motifs is 1. The van der Waals surface area contributed by atoms with Crippen LogP contribution >= 0.6 is 11.3 Å². The number of amides is 1. The third-order valence-electron chi connectivity index (χ3n) is 3.40. The van der Waals surface area contributed by atoms with Crippen molar-refractivity contribution in [2.75, 3.05) is 0 Å². The zero-order valence-electron chi connectivity index (χ0n) is 12.9. The lowest BCUT2D eigenvalue weighted by Crippen LogP contribution is -2.30. The van der Waals surface area contributed by atoms with Crippen LogP contribution in [0.4, 0.5) is 0 Å². The molecule has 4 heteroatoms. The van der Waals surface area contributed by atoms with Gasteiger partial charge >= 0.3 is 0 Å². The van der Waals surface area contributed by atoms with Gasteiger partial charge in [-0.05, 0) is 50.4 Å². The summed E-state index contributed by atoms with van der Waals surface area (Å²) in [6.45, 7) is 5.95. The smallest absolute Gasteiger partial charge is 0.252 e. The van der Waals surface area contributed by atoms with Crippen LogP contribution in [0.25, 0.3) is 21.5 Å². The first-order valence-corrected chi connectivity index (χ1v) is 8.18. The van der Waals surface area contributed by atoms with Gasteiger partial charge in [0, 0.05) is 11.4 Å². The molecule has 2 aromatic heterocycles. The molecule has 0 bridgehead atoms. The van der Waals surface area contributed by atoms with E-state index < -0.39 is 0 Å². The van der Waals surface area contributed by atoms with Gasteiger partial charge in [-0.1, -0.05) is 17.7 Å². The van der Waals surface area contributed by atoms with Crippen molar-refractivity contribution >= 4 is 28.1 Å². The van der Waals surface area contributed by atoms with Crippen LogP contribution in [0.2, 0.25) is 0 Å². The summed E-state index contributed by atoms with van der Waals surface area (Å²) < 4.78 is 0. The largest absolute Gasteiger partial charge is 0.350 e. The minimum atomic E-state index is -0.0502. The third-order valence-corrected chi connectivity index (χ3v) is 4.29. The monoisotopic (exact) mass is 310 g/mol. The Balaban J connectivity index is 2.21. The van der Waals surface area contributed by atoms with E-state index in [1.807, 2.05) is 62.5 Å². The Morgan fingerprint density at radius 3 is 2.73 bits per heavy atom. The van der Waals surface area contributed by atoms with E-state index in [0.29, 0.717) is 5.56 Å². The molecule has 1 N–H and O–H groups in total. The molecule has 3 aromatic rings. The molecular formula is C18H18N2OS. The first-order chi connectivity index (χ1) is 10.5. The van der Waals surface area contributed by atoms with Crippen LogP contribution < -0.4 is 5.32 Å². The fourth-order valence-electron chi connectivity index (χ4n) is 2.42. The van der Waals surface area contributed by atoms with Crippen LogP contribution in [0.5, 0.6) is 0 Å². The molecule has 1 amide bonds. The zero-order chi connectivity index (χ0) is 15.7. The second-order valence-corrected chi connectivity index (χ2v) is 6.63. The molecule has 0 atom stereocenters. The van der Waals surface area contributed by atoms with E-state index in [4.69, 9.17) is 4.98 Å². The fourth-order valence-corrected chi connectivity index (χ4v) is 3.10. The van der Waals surface area contributed by atoms with E-state index in [9.17, 15) is 4.79 Å². The highest BCUT2D eigenvalue weighted by Crippen LogP contribution is 2.28. The Hall–Kier alpha value is -2.20. The van der Waals surface area contributed by atoms with E-state index in [-0.39, 0.29) is 11.9 Å². The van der Waals surface area contributed by atoms with Crippen molar-refractivity contribution < 1.29 is 4.79 Å². The number of pyridine rings is 1. The topological polar surface area (TPSA) is 42.0 Å². The Kier molecular flexibility index (Phi) is 3.94. The molecule has 2 heterocycles. The highest BCUT2D eigenvalue weighted by Gasteiger charge is 2.15. The molecule has 0 spiro atoms. The number of nitrogens with one attached hydrogen (secondary N) is 1. The number of aromatic nitrogens is 1. The summed E-state index contributed by atoms with van der Waals surface area (Å²) in [4.78, 5) is 18.3. The molecule has 22 heavy (non-hydrogen) atoms. The number of nitrogens with zero attached hydrogens (tertiary/aromatic N) is 1. The molecule has 0 aliphatic heterocycles. The second-order valence-electron chi connectivity index (χ2n) is 5.68. The van der Waals surface area contributed by atoms with E-state index in [1.165, 1.54) is 0 Å². The molecule has 0 aliphatic rings. The minimum absolute atomic E-state index is 0.0502. The van der Waals surface area contributed by atoms with Crippen LogP contribution in [-0.2, 0) is 0 Å². The lowest BCUT2D eigenvalue weighted by atomic mass is 10.0. The van der Waals surface area contributed by atoms with Gasteiger partial charge in [-0.25, -0.2) is 4.98 Å². The average Bonchev–Trinajstić information content (AvgIpc) is 2.99. The molecule has 3 rings (SSSR count). The molecule has 3 nitrogen and oxygen atoms in total. The summed E-state index contributed by atoms with van der Waals surface area (Å²) in [6.07, 6.45) is 0. The molecule has 1 aromatic carbocycles. The SMILES string of the molecule is Cc1ccc2nc(-c3cccs3)cc(C(=O)NC(C)C)c2c1. The van der Waals surface area contributed by atoms with Gasteiger partial charge in [-0.3, -0.25) is 4.79 Å². The van der Waals surface area contributed by atoms with Crippen LogP contribution in [0, 0.1) is 6.92 Å². The van der Waals surface area contributed by atoms with Crippen molar-refractivity contribution in [3.05, 3.63) is 52.9 Å². The van der Waals surface area contributed by atoms with E-state index in [2.05, 4.69) is 5.32 Å². The number of carbonyl (C=O) groups is 1. The Morgan fingerprint density at radius 1 is 1.23 bits per heavy atom. The van der Waals surface area contributed by atoms with E-state index >= 15 is 0 Å². The lowest BCUT2D eigenvalue weighted by molar-refractivity contribution is 0.0945. The standard InChI is InChI=1S/C18H18N2OS/c1-11(2)19-18(21)14-10-16(17-5-4-8-22-17)20-15-7-6-12(3)9-13(14)15/h4-11H,1-3H3,(H,19,21). The van der Waals surface area contributed by atoms with Crippen molar-refractivity contribution in [2.45, 2.75) is 26.8 Å². The summed E-state index contributed by atoms with van der Waals surface area (Å²) in [5.41, 5.74) is 3.51. The molecule has 0 saturated carbocycles. The number of aryl methyl sites for hydroxylation is 1. The number of benzene rings is 1. The van der Waals surface area contributed by atoms with Crippen LogP contribution in [0.15, 0.2) is 41.8 Å². The van der Waals surface area contributed by atoms with Crippen molar-refractivity contribution in [1.29, 1.82) is 0 Å². The second kappa shape index (κ2) is 5.89. The van der Waals surface area contributed by atoms with Crippen molar-refractivity contribution in [1.82, 2.24) is 10.3 Å². The molecule has 0 unspecified atom stereocenters. The van der Waals surface area contributed by atoms with Crippen LogP contribution in [0.3, 0.4) is 0 Å². The Morgan fingerprint density at radius 2 is 2.05 bits per heavy atom.